The minimum absolute atomic E-state index is 0.00667. The van der Waals surface area contributed by atoms with Crippen molar-refractivity contribution in [3.05, 3.63) is 39.9 Å². The fourth-order valence-corrected chi connectivity index (χ4v) is 3.13. The summed E-state index contributed by atoms with van der Waals surface area (Å²) in [6, 6.07) is 3.19. The van der Waals surface area contributed by atoms with Crippen molar-refractivity contribution in [2.24, 2.45) is 0 Å². The van der Waals surface area contributed by atoms with E-state index in [0.717, 1.165) is 5.56 Å². The highest BCUT2D eigenvalue weighted by molar-refractivity contribution is 7.08. The van der Waals surface area contributed by atoms with Gasteiger partial charge in [-0.2, -0.15) is 11.3 Å². The maximum Gasteiger partial charge on any atom is 0.290 e. The lowest BCUT2D eigenvalue weighted by Gasteiger charge is -2.32. The highest BCUT2D eigenvalue weighted by Gasteiger charge is 2.32. The lowest BCUT2D eigenvalue weighted by molar-refractivity contribution is -0.123. The van der Waals surface area contributed by atoms with Gasteiger partial charge in [0.25, 0.3) is 5.91 Å². The van der Waals surface area contributed by atoms with E-state index in [1.54, 1.807) is 24.3 Å². The standard InChI is InChI=1S/C14H15N3O3S/c1-8-6-11(20-17-8)14(19)15-10-2-3-12(18)16-13(10)9-4-5-21-7-9/h4-7,10,13H,2-3H2,1H3,(H,15,19)(H,16,18)/t10-,13+/m1/s1. The number of hydrogen-bond donors (Lipinski definition) is 2. The summed E-state index contributed by atoms with van der Waals surface area (Å²) in [6.45, 7) is 1.76. The van der Waals surface area contributed by atoms with Gasteiger partial charge >= 0.3 is 0 Å². The molecule has 2 aromatic heterocycles. The second kappa shape index (κ2) is 5.69. The predicted molar refractivity (Wildman–Crippen MR) is 76.9 cm³/mol. The molecule has 1 fully saturated rings. The maximum atomic E-state index is 12.2. The average molecular weight is 305 g/mol. The van der Waals surface area contributed by atoms with Crippen LogP contribution in [0.25, 0.3) is 0 Å². The SMILES string of the molecule is Cc1cc(C(=O)N[C@@H]2CCC(=O)N[C@H]2c2ccsc2)on1. The molecule has 0 aromatic carbocycles. The third-order valence-electron chi connectivity index (χ3n) is 3.47. The molecule has 2 aromatic rings. The Morgan fingerprint density at radius 2 is 2.43 bits per heavy atom. The number of amides is 2. The predicted octanol–water partition coefficient (Wildman–Crippen LogP) is 1.79. The second-order valence-electron chi connectivity index (χ2n) is 5.05. The van der Waals surface area contributed by atoms with E-state index in [1.807, 2.05) is 16.8 Å². The number of carbonyl (C=O) groups excluding carboxylic acids is 2. The largest absolute Gasteiger partial charge is 0.351 e. The molecule has 0 saturated carbocycles. The number of aromatic nitrogens is 1. The van der Waals surface area contributed by atoms with Crippen molar-refractivity contribution in [1.29, 1.82) is 0 Å². The van der Waals surface area contributed by atoms with Crippen LogP contribution in [0.15, 0.2) is 27.4 Å². The van der Waals surface area contributed by atoms with Gasteiger partial charge in [0.15, 0.2) is 0 Å². The van der Waals surface area contributed by atoms with E-state index in [0.29, 0.717) is 18.5 Å². The summed E-state index contributed by atoms with van der Waals surface area (Å²) in [4.78, 5) is 23.8. The lowest BCUT2D eigenvalue weighted by atomic mass is 9.93. The molecule has 7 heteroatoms. The molecule has 2 N–H and O–H groups in total. The Hall–Kier alpha value is -2.15. The van der Waals surface area contributed by atoms with Crippen molar-refractivity contribution < 1.29 is 14.1 Å². The van der Waals surface area contributed by atoms with Crippen LogP contribution >= 0.6 is 11.3 Å². The van der Waals surface area contributed by atoms with E-state index in [-0.39, 0.29) is 29.7 Å². The molecule has 1 aliphatic heterocycles. The normalized spacial score (nSPS) is 21.9. The smallest absolute Gasteiger partial charge is 0.290 e. The summed E-state index contributed by atoms with van der Waals surface area (Å²) >= 11 is 1.56. The van der Waals surface area contributed by atoms with Crippen molar-refractivity contribution in [2.75, 3.05) is 0 Å². The van der Waals surface area contributed by atoms with E-state index < -0.39 is 0 Å². The third kappa shape index (κ3) is 2.97. The molecule has 110 valence electrons. The number of aryl methyl sites for hydroxylation is 1. The Morgan fingerprint density at radius 3 is 3.10 bits per heavy atom. The van der Waals surface area contributed by atoms with Crippen LogP contribution in [-0.4, -0.2) is 23.0 Å². The molecule has 2 atom stereocenters. The van der Waals surface area contributed by atoms with E-state index in [4.69, 9.17) is 4.52 Å². The van der Waals surface area contributed by atoms with Crippen molar-refractivity contribution in [1.82, 2.24) is 15.8 Å². The third-order valence-corrected chi connectivity index (χ3v) is 4.17. The van der Waals surface area contributed by atoms with Gasteiger partial charge in [-0.05, 0) is 35.7 Å². The average Bonchev–Trinajstić information content (AvgIpc) is 3.11. The second-order valence-corrected chi connectivity index (χ2v) is 5.83. The summed E-state index contributed by atoms with van der Waals surface area (Å²) in [6.07, 6.45) is 1.01. The fraction of sp³-hybridized carbons (Fsp3) is 0.357. The van der Waals surface area contributed by atoms with Crippen molar-refractivity contribution in [3.8, 4) is 0 Å². The molecule has 0 bridgehead atoms. The first-order chi connectivity index (χ1) is 10.1. The van der Waals surface area contributed by atoms with Crippen LogP contribution < -0.4 is 10.6 Å². The minimum atomic E-state index is -0.308. The summed E-state index contributed by atoms with van der Waals surface area (Å²) in [7, 11) is 0. The first-order valence-corrected chi connectivity index (χ1v) is 7.63. The first-order valence-electron chi connectivity index (χ1n) is 6.69. The lowest BCUT2D eigenvalue weighted by Crippen LogP contribution is -2.50. The zero-order chi connectivity index (χ0) is 14.8. The quantitative estimate of drug-likeness (QED) is 0.905. The van der Waals surface area contributed by atoms with Crippen LogP contribution in [0.5, 0.6) is 0 Å². The molecule has 0 spiro atoms. The van der Waals surface area contributed by atoms with E-state index in [9.17, 15) is 9.59 Å². The Kier molecular flexibility index (Phi) is 3.74. The maximum absolute atomic E-state index is 12.2. The van der Waals surface area contributed by atoms with Gasteiger partial charge in [-0.1, -0.05) is 5.16 Å². The Balaban J connectivity index is 1.76. The summed E-state index contributed by atoms with van der Waals surface area (Å²) in [5.41, 5.74) is 1.67. The van der Waals surface area contributed by atoms with Gasteiger partial charge in [0.2, 0.25) is 11.7 Å². The zero-order valence-electron chi connectivity index (χ0n) is 11.5. The molecule has 2 amide bonds. The number of thiophene rings is 1. The van der Waals surface area contributed by atoms with Gasteiger partial charge in [0.05, 0.1) is 17.8 Å². The van der Waals surface area contributed by atoms with Crippen LogP contribution in [0.3, 0.4) is 0 Å². The Bertz CT molecular complexity index is 650. The number of piperidine rings is 1. The van der Waals surface area contributed by atoms with Crippen LogP contribution in [0.1, 0.15) is 40.7 Å². The molecule has 0 aliphatic carbocycles. The summed E-state index contributed by atoms with van der Waals surface area (Å²) in [5.74, 6) is -0.113. The zero-order valence-corrected chi connectivity index (χ0v) is 12.3. The van der Waals surface area contributed by atoms with E-state index in [1.165, 1.54) is 0 Å². The molecule has 21 heavy (non-hydrogen) atoms. The number of hydrogen-bond acceptors (Lipinski definition) is 5. The summed E-state index contributed by atoms with van der Waals surface area (Å²) < 4.78 is 4.97. The van der Waals surface area contributed by atoms with Crippen LogP contribution in [0, 0.1) is 6.92 Å². The van der Waals surface area contributed by atoms with Gasteiger partial charge in [-0.25, -0.2) is 0 Å². The molecule has 3 rings (SSSR count). The van der Waals surface area contributed by atoms with E-state index >= 15 is 0 Å². The minimum Gasteiger partial charge on any atom is -0.351 e. The Labute approximate surface area is 125 Å². The highest BCUT2D eigenvalue weighted by Crippen LogP contribution is 2.26. The molecule has 6 nitrogen and oxygen atoms in total. The number of nitrogens with zero attached hydrogens (tertiary/aromatic N) is 1. The van der Waals surface area contributed by atoms with Gasteiger partial charge in [-0.15, -0.1) is 0 Å². The van der Waals surface area contributed by atoms with Crippen LogP contribution in [0.2, 0.25) is 0 Å². The number of nitrogens with one attached hydrogen (secondary N) is 2. The number of rotatable bonds is 3. The van der Waals surface area contributed by atoms with Crippen molar-refractivity contribution in [3.63, 3.8) is 0 Å². The molecule has 0 radical (unpaired) electrons. The van der Waals surface area contributed by atoms with Crippen molar-refractivity contribution >= 4 is 23.2 Å². The van der Waals surface area contributed by atoms with Gasteiger partial charge in [0.1, 0.15) is 0 Å². The monoisotopic (exact) mass is 305 g/mol. The number of carbonyl (C=O) groups is 2. The molecule has 1 saturated heterocycles. The molecular weight excluding hydrogens is 290 g/mol. The summed E-state index contributed by atoms with van der Waals surface area (Å²) in [5, 5.41) is 13.5. The first kappa shape index (κ1) is 13.8. The highest BCUT2D eigenvalue weighted by atomic mass is 32.1. The van der Waals surface area contributed by atoms with Gasteiger partial charge in [-0.3, -0.25) is 9.59 Å². The fourth-order valence-electron chi connectivity index (χ4n) is 2.43. The Morgan fingerprint density at radius 1 is 1.57 bits per heavy atom. The molecule has 0 unspecified atom stereocenters. The van der Waals surface area contributed by atoms with Crippen molar-refractivity contribution in [2.45, 2.75) is 31.8 Å². The van der Waals surface area contributed by atoms with Crippen LogP contribution in [0.4, 0.5) is 0 Å². The molecular formula is C14H15N3O3S. The molecule has 1 aliphatic rings. The molecule has 3 heterocycles. The van der Waals surface area contributed by atoms with Crippen LogP contribution in [-0.2, 0) is 4.79 Å². The van der Waals surface area contributed by atoms with Gasteiger partial charge < -0.3 is 15.2 Å². The van der Waals surface area contributed by atoms with Gasteiger partial charge in [0, 0.05) is 12.5 Å². The topological polar surface area (TPSA) is 84.2 Å². The van der Waals surface area contributed by atoms with E-state index in [2.05, 4.69) is 15.8 Å².